The van der Waals surface area contributed by atoms with Crippen LogP contribution in [0, 0.1) is 6.92 Å². The zero-order valence-corrected chi connectivity index (χ0v) is 16.0. The Kier molecular flexibility index (Phi) is 5.87. The van der Waals surface area contributed by atoms with E-state index in [1.54, 1.807) is 14.2 Å². The molecule has 0 bridgehead atoms. The Hall–Kier alpha value is -3.13. The molecule has 3 rings (SSSR count). The quantitative estimate of drug-likeness (QED) is 0.562. The molecule has 0 radical (unpaired) electrons. The van der Waals surface area contributed by atoms with Gasteiger partial charge in [0, 0.05) is 43.5 Å². The maximum atomic E-state index is 5.32. The summed E-state index contributed by atoms with van der Waals surface area (Å²) >= 11 is 0. The monoisotopic (exact) mass is 368 g/mol. The van der Waals surface area contributed by atoms with Gasteiger partial charge in [-0.15, -0.1) is 0 Å². The average Bonchev–Trinajstić information content (AvgIpc) is 3.11. The number of rotatable bonds is 8. The van der Waals surface area contributed by atoms with Crippen LogP contribution in [0.3, 0.4) is 0 Å². The van der Waals surface area contributed by atoms with Crippen molar-refractivity contribution in [2.75, 3.05) is 38.5 Å². The molecule has 0 unspecified atom stereocenters. The van der Waals surface area contributed by atoms with Crippen LogP contribution < -0.4 is 15.4 Å². The highest BCUT2D eigenvalue weighted by Crippen LogP contribution is 2.29. The Bertz CT molecular complexity index is 909. The fourth-order valence-corrected chi connectivity index (χ4v) is 2.73. The molecule has 3 N–H and O–H groups in total. The molecule has 0 atom stereocenters. The molecule has 3 aromatic rings. The molecule has 8 heteroatoms. The summed E-state index contributed by atoms with van der Waals surface area (Å²) in [5.41, 5.74) is 2.77. The van der Waals surface area contributed by atoms with Gasteiger partial charge in [-0.05, 0) is 19.1 Å². The van der Waals surface area contributed by atoms with Crippen molar-refractivity contribution in [1.82, 2.24) is 20.2 Å². The van der Waals surface area contributed by atoms with Crippen molar-refractivity contribution in [2.45, 2.75) is 13.3 Å². The van der Waals surface area contributed by atoms with Gasteiger partial charge in [0.2, 0.25) is 0 Å². The lowest BCUT2D eigenvalue weighted by atomic mass is 10.1. The van der Waals surface area contributed by atoms with Crippen LogP contribution in [0.4, 0.5) is 17.5 Å². The lowest BCUT2D eigenvalue weighted by Gasteiger charge is -2.15. The van der Waals surface area contributed by atoms with Crippen molar-refractivity contribution in [2.24, 2.45) is 0 Å². The Balaban J connectivity index is 2.08. The van der Waals surface area contributed by atoms with E-state index in [-0.39, 0.29) is 0 Å². The first-order chi connectivity index (χ1) is 13.1. The number of aromatic amines is 1. The molecule has 0 saturated carbocycles. The van der Waals surface area contributed by atoms with Gasteiger partial charge < -0.3 is 20.1 Å². The van der Waals surface area contributed by atoms with E-state index in [0.717, 1.165) is 28.4 Å². The number of aryl methyl sites for hydroxylation is 1. The molecule has 8 nitrogen and oxygen atoms in total. The molecule has 0 aliphatic rings. The number of methoxy groups -OCH3 is 2. The summed E-state index contributed by atoms with van der Waals surface area (Å²) in [7, 11) is 5.16. The smallest absolute Gasteiger partial charge is 0.164 e. The number of hydrogen-bond acceptors (Lipinski definition) is 7. The summed E-state index contributed by atoms with van der Waals surface area (Å²) in [5, 5.41) is 13.6. The van der Waals surface area contributed by atoms with Gasteiger partial charge in [0.1, 0.15) is 17.4 Å². The fourth-order valence-electron chi connectivity index (χ4n) is 2.73. The number of H-pyrrole nitrogens is 1. The van der Waals surface area contributed by atoms with Gasteiger partial charge in [-0.3, -0.25) is 5.10 Å². The molecule has 27 heavy (non-hydrogen) atoms. The van der Waals surface area contributed by atoms with E-state index in [1.807, 2.05) is 44.3 Å². The van der Waals surface area contributed by atoms with E-state index in [2.05, 4.69) is 20.8 Å². The highest BCUT2D eigenvalue weighted by atomic mass is 16.5. The highest BCUT2D eigenvalue weighted by Gasteiger charge is 2.16. The first kappa shape index (κ1) is 18.7. The van der Waals surface area contributed by atoms with E-state index in [9.17, 15) is 0 Å². The first-order valence-electron chi connectivity index (χ1n) is 8.65. The van der Waals surface area contributed by atoms with Crippen LogP contribution in [0.2, 0.25) is 0 Å². The summed E-state index contributed by atoms with van der Waals surface area (Å²) in [4.78, 5) is 9.45. The largest absolute Gasteiger partial charge is 0.497 e. The first-order valence-corrected chi connectivity index (χ1v) is 8.65. The van der Waals surface area contributed by atoms with Gasteiger partial charge in [-0.1, -0.05) is 12.1 Å². The number of aromatic nitrogens is 4. The molecular weight excluding hydrogens is 344 g/mol. The Morgan fingerprint density at radius 2 is 1.93 bits per heavy atom. The Morgan fingerprint density at radius 1 is 1.11 bits per heavy atom. The van der Waals surface area contributed by atoms with Crippen LogP contribution in [-0.4, -0.2) is 48.0 Å². The molecule has 2 heterocycles. The molecule has 0 aliphatic carbocycles. The van der Waals surface area contributed by atoms with E-state index >= 15 is 0 Å². The minimum Gasteiger partial charge on any atom is -0.497 e. The Labute approximate surface area is 158 Å². The third-order valence-corrected chi connectivity index (χ3v) is 4.08. The lowest BCUT2D eigenvalue weighted by Crippen LogP contribution is -2.10. The second-order valence-electron chi connectivity index (χ2n) is 6.01. The summed E-state index contributed by atoms with van der Waals surface area (Å²) in [6.07, 6.45) is 0.663. The van der Waals surface area contributed by atoms with Crippen molar-refractivity contribution in [1.29, 1.82) is 0 Å². The second-order valence-corrected chi connectivity index (χ2v) is 6.01. The summed E-state index contributed by atoms with van der Waals surface area (Å²) in [6.45, 7) is 2.51. The van der Waals surface area contributed by atoms with E-state index in [1.165, 1.54) is 0 Å². The van der Waals surface area contributed by atoms with Gasteiger partial charge in [-0.2, -0.15) is 5.10 Å². The van der Waals surface area contributed by atoms with Crippen molar-refractivity contribution >= 4 is 17.5 Å². The van der Waals surface area contributed by atoms with Gasteiger partial charge in [0.15, 0.2) is 11.6 Å². The fraction of sp³-hybridized carbons (Fsp3) is 0.316. The van der Waals surface area contributed by atoms with Crippen molar-refractivity contribution in [3.8, 4) is 17.1 Å². The van der Waals surface area contributed by atoms with Crippen LogP contribution in [0.5, 0.6) is 5.75 Å². The maximum Gasteiger partial charge on any atom is 0.164 e. The predicted octanol–water partition coefficient (Wildman–Crippen LogP) is 3.16. The zero-order chi connectivity index (χ0) is 19.2. The Morgan fingerprint density at radius 3 is 2.59 bits per heavy atom. The number of benzene rings is 1. The lowest BCUT2D eigenvalue weighted by molar-refractivity contribution is 0.202. The molecule has 142 valence electrons. The van der Waals surface area contributed by atoms with Gasteiger partial charge in [-0.25, -0.2) is 9.97 Å². The van der Waals surface area contributed by atoms with Crippen LogP contribution >= 0.6 is 0 Å². The van der Waals surface area contributed by atoms with E-state index in [0.29, 0.717) is 30.5 Å². The highest BCUT2D eigenvalue weighted by molar-refractivity contribution is 5.69. The summed E-state index contributed by atoms with van der Waals surface area (Å²) < 4.78 is 10.6. The number of hydrogen-bond donors (Lipinski definition) is 3. The van der Waals surface area contributed by atoms with Crippen LogP contribution in [-0.2, 0) is 11.2 Å². The van der Waals surface area contributed by atoms with Crippen molar-refractivity contribution in [3.63, 3.8) is 0 Å². The molecule has 2 aromatic heterocycles. The minimum absolute atomic E-state index is 0.560. The topological polar surface area (TPSA) is 97.0 Å². The standard InChI is InChI=1S/C19H24N6O2/c1-12-10-16(25-24-12)21-19-15(8-9-26-3)18(20-2)22-17(23-19)13-6-5-7-14(11-13)27-4/h5-7,10-11H,8-9H2,1-4H3,(H3,20,21,22,23,24,25). The molecule has 1 aromatic carbocycles. The number of anilines is 3. The average molecular weight is 368 g/mol. The van der Waals surface area contributed by atoms with Gasteiger partial charge >= 0.3 is 0 Å². The second kappa shape index (κ2) is 8.50. The molecule has 0 fully saturated rings. The normalized spacial score (nSPS) is 10.7. The van der Waals surface area contributed by atoms with Crippen molar-refractivity contribution in [3.05, 3.63) is 41.6 Å². The van der Waals surface area contributed by atoms with E-state index < -0.39 is 0 Å². The van der Waals surface area contributed by atoms with Crippen molar-refractivity contribution < 1.29 is 9.47 Å². The molecular formula is C19H24N6O2. The summed E-state index contributed by atoms with van der Waals surface area (Å²) in [5.74, 6) is 3.48. The van der Waals surface area contributed by atoms with Gasteiger partial charge in [0.05, 0.1) is 13.7 Å². The SMILES string of the molecule is CNc1nc(-c2cccc(OC)c2)nc(Nc2cc(C)[nH]n2)c1CCOC. The number of nitrogens with zero attached hydrogens (tertiary/aromatic N) is 3. The zero-order valence-electron chi connectivity index (χ0n) is 16.0. The molecule has 0 spiro atoms. The van der Waals surface area contributed by atoms with Crippen LogP contribution in [0.15, 0.2) is 30.3 Å². The molecule has 0 saturated heterocycles. The predicted molar refractivity (Wildman–Crippen MR) is 106 cm³/mol. The van der Waals surface area contributed by atoms with Crippen LogP contribution in [0.25, 0.3) is 11.4 Å². The summed E-state index contributed by atoms with van der Waals surface area (Å²) in [6, 6.07) is 9.59. The minimum atomic E-state index is 0.560. The van der Waals surface area contributed by atoms with E-state index in [4.69, 9.17) is 19.4 Å². The third kappa shape index (κ3) is 4.35. The van der Waals surface area contributed by atoms with Crippen LogP contribution in [0.1, 0.15) is 11.3 Å². The third-order valence-electron chi connectivity index (χ3n) is 4.08. The number of ether oxygens (including phenoxy) is 2. The molecule has 0 amide bonds. The number of nitrogens with one attached hydrogen (secondary N) is 3. The maximum absolute atomic E-state index is 5.32. The molecule has 0 aliphatic heterocycles. The van der Waals surface area contributed by atoms with Gasteiger partial charge in [0.25, 0.3) is 0 Å².